The number of benzene rings is 1. The average Bonchev–Trinajstić information content (AvgIpc) is 2.29. The highest BCUT2D eigenvalue weighted by Gasteiger charge is 2.24. The minimum atomic E-state index is -0.0348. The Morgan fingerprint density at radius 2 is 2.06 bits per heavy atom. The van der Waals surface area contributed by atoms with E-state index in [0.717, 1.165) is 19.6 Å². The molecule has 1 heterocycles. The number of hydrogen-bond donors (Lipinski definition) is 1. The predicted octanol–water partition coefficient (Wildman–Crippen LogP) is 1.27. The average molecular weight is 221 g/mol. The fraction of sp³-hybridized carbons (Fsp3) is 0.538. The van der Waals surface area contributed by atoms with Crippen molar-refractivity contribution in [3.05, 3.63) is 35.9 Å². The standard InChI is InChI=1S/C13H19NO2/c1-11-7-14(9-13(10-15)16-11)8-12-5-3-2-4-6-12/h2-6,11,13,15H,7-10H2,1H3/t11-,13?/m0/s1. The topological polar surface area (TPSA) is 32.7 Å². The smallest absolute Gasteiger partial charge is 0.0936 e. The molecule has 16 heavy (non-hydrogen) atoms. The first-order valence-electron chi connectivity index (χ1n) is 5.80. The Kier molecular flexibility index (Phi) is 3.93. The second-order valence-corrected chi connectivity index (χ2v) is 4.43. The summed E-state index contributed by atoms with van der Waals surface area (Å²) in [5.41, 5.74) is 1.31. The van der Waals surface area contributed by atoms with E-state index < -0.39 is 0 Å². The minimum absolute atomic E-state index is 0.0348. The summed E-state index contributed by atoms with van der Waals surface area (Å²) < 4.78 is 5.61. The Balaban J connectivity index is 1.94. The molecule has 2 atom stereocenters. The summed E-state index contributed by atoms with van der Waals surface area (Å²) in [4.78, 5) is 2.34. The van der Waals surface area contributed by atoms with Crippen LogP contribution in [-0.2, 0) is 11.3 Å². The zero-order valence-electron chi connectivity index (χ0n) is 9.67. The number of aliphatic hydroxyl groups excluding tert-OH is 1. The molecular weight excluding hydrogens is 202 g/mol. The summed E-state index contributed by atoms with van der Waals surface area (Å²) >= 11 is 0. The highest BCUT2D eigenvalue weighted by atomic mass is 16.5. The van der Waals surface area contributed by atoms with Crippen LogP contribution in [0.5, 0.6) is 0 Å². The van der Waals surface area contributed by atoms with E-state index >= 15 is 0 Å². The Morgan fingerprint density at radius 1 is 1.31 bits per heavy atom. The summed E-state index contributed by atoms with van der Waals surface area (Å²) in [5.74, 6) is 0. The molecule has 1 aromatic rings. The largest absolute Gasteiger partial charge is 0.394 e. The lowest BCUT2D eigenvalue weighted by Crippen LogP contribution is -2.47. The van der Waals surface area contributed by atoms with Crippen molar-refractivity contribution in [2.75, 3.05) is 19.7 Å². The molecule has 0 amide bonds. The summed E-state index contributed by atoms with van der Waals surface area (Å²) in [6.45, 7) is 4.85. The zero-order valence-corrected chi connectivity index (χ0v) is 9.67. The molecule has 1 saturated heterocycles. The minimum Gasteiger partial charge on any atom is -0.394 e. The Bertz CT molecular complexity index is 315. The lowest BCUT2D eigenvalue weighted by atomic mass is 10.1. The maximum absolute atomic E-state index is 9.14. The van der Waals surface area contributed by atoms with Crippen molar-refractivity contribution < 1.29 is 9.84 Å². The molecule has 1 aromatic carbocycles. The molecule has 3 nitrogen and oxygen atoms in total. The summed E-state index contributed by atoms with van der Waals surface area (Å²) in [6.07, 6.45) is 0.169. The van der Waals surface area contributed by atoms with Gasteiger partial charge >= 0.3 is 0 Å². The molecule has 0 aliphatic carbocycles. The third kappa shape index (κ3) is 3.04. The van der Waals surface area contributed by atoms with E-state index in [0.29, 0.717) is 0 Å². The van der Waals surface area contributed by atoms with Crippen molar-refractivity contribution in [1.29, 1.82) is 0 Å². The van der Waals surface area contributed by atoms with E-state index in [1.54, 1.807) is 0 Å². The van der Waals surface area contributed by atoms with Crippen LogP contribution in [0, 0.1) is 0 Å². The van der Waals surface area contributed by atoms with Crippen LogP contribution in [0.15, 0.2) is 30.3 Å². The molecule has 2 rings (SSSR count). The van der Waals surface area contributed by atoms with E-state index in [2.05, 4.69) is 36.1 Å². The van der Waals surface area contributed by atoms with Gasteiger partial charge in [-0.3, -0.25) is 4.90 Å². The SMILES string of the molecule is C[C@H]1CN(Cc2ccccc2)CC(CO)O1. The number of rotatable bonds is 3. The van der Waals surface area contributed by atoms with Gasteiger partial charge in [0, 0.05) is 19.6 Å². The molecule has 0 aromatic heterocycles. The quantitative estimate of drug-likeness (QED) is 0.834. The van der Waals surface area contributed by atoms with Gasteiger partial charge in [0.25, 0.3) is 0 Å². The molecule has 1 unspecified atom stereocenters. The van der Waals surface area contributed by atoms with Crippen LogP contribution in [0.2, 0.25) is 0 Å². The summed E-state index contributed by atoms with van der Waals surface area (Å²) in [7, 11) is 0. The van der Waals surface area contributed by atoms with Crippen LogP contribution in [0.25, 0.3) is 0 Å². The molecule has 88 valence electrons. The van der Waals surface area contributed by atoms with Gasteiger partial charge in [0.05, 0.1) is 18.8 Å². The van der Waals surface area contributed by atoms with E-state index in [1.807, 2.05) is 6.07 Å². The number of ether oxygens (including phenoxy) is 1. The van der Waals surface area contributed by atoms with E-state index in [4.69, 9.17) is 9.84 Å². The number of hydrogen-bond acceptors (Lipinski definition) is 3. The number of aliphatic hydroxyl groups is 1. The number of nitrogens with zero attached hydrogens (tertiary/aromatic N) is 1. The lowest BCUT2D eigenvalue weighted by molar-refractivity contribution is -0.0972. The van der Waals surface area contributed by atoms with Gasteiger partial charge in [-0.1, -0.05) is 30.3 Å². The zero-order chi connectivity index (χ0) is 11.4. The van der Waals surface area contributed by atoms with Gasteiger partial charge < -0.3 is 9.84 Å². The van der Waals surface area contributed by atoms with Gasteiger partial charge in [-0.05, 0) is 12.5 Å². The first-order chi connectivity index (χ1) is 7.78. The Labute approximate surface area is 96.6 Å². The van der Waals surface area contributed by atoms with E-state index in [1.165, 1.54) is 5.56 Å². The fourth-order valence-electron chi connectivity index (χ4n) is 2.21. The highest BCUT2D eigenvalue weighted by molar-refractivity contribution is 5.14. The monoisotopic (exact) mass is 221 g/mol. The highest BCUT2D eigenvalue weighted by Crippen LogP contribution is 2.13. The van der Waals surface area contributed by atoms with Crippen LogP contribution >= 0.6 is 0 Å². The predicted molar refractivity (Wildman–Crippen MR) is 63.1 cm³/mol. The first-order valence-corrected chi connectivity index (χ1v) is 5.80. The molecule has 0 bridgehead atoms. The van der Waals surface area contributed by atoms with Crippen LogP contribution < -0.4 is 0 Å². The van der Waals surface area contributed by atoms with Crippen LogP contribution in [0.3, 0.4) is 0 Å². The van der Waals surface area contributed by atoms with Gasteiger partial charge in [-0.25, -0.2) is 0 Å². The van der Waals surface area contributed by atoms with Crippen molar-refractivity contribution in [2.45, 2.75) is 25.7 Å². The molecule has 0 saturated carbocycles. The molecule has 1 fully saturated rings. The molecule has 1 N–H and O–H groups in total. The summed E-state index contributed by atoms with van der Waals surface area (Å²) in [5, 5.41) is 9.14. The molecule has 3 heteroatoms. The van der Waals surface area contributed by atoms with Crippen LogP contribution in [0.4, 0.5) is 0 Å². The Hall–Kier alpha value is -0.900. The lowest BCUT2D eigenvalue weighted by Gasteiger charge is -2.36. The molecule has 0 spiro atoms. The maximum Gasteiger partial charge on any atom is 0.0936 e. The van der Waals surface area contributed by atoms with Crippen LogP contribution in [0.1, 0.15) is 12.5 Å². The van der Waals surface area contributed by atoms with Crippen molar-refractivity contribution in [3.63, 3.8) is 0 Å². The third-order valence-corrected chi connectivity index (χ3v) is 2.85. The van der Waals surface area contributed by atoms with Gasteiger partial charge in [0.1, 0.15) is 0 Å². The fourth-order valence-corrected chi connectivity index (χ4v) is 2.21. The Morgan fingerprint density at radius 3 is 2.75 bits per heavy atom. The van der Waals surface area contributed by atoms with Crippen molar-refractivity contribution in [2.24, 2.45) is 0 Å². The maximum atomic E-state index is 9.14. The van der Waals surface area contributed by atoms with Gasteiger partial charge in [0.15, 0.2) is 0 Å². The van der Waals surface area contributed by atoms with Crippen molar-refractivity contribution in [3.8, 4) is 0 Å². The second-order valence-electron chi connectivity index (χ2n) is 4.43. The molecule has 1 aliphatic heterocycles. The van der Waals surface area contributed by atoms with Gasteiger partial charge in [0.2, 0.25) is 0 Å². The molecular formula is C13H19NO2. The summed E-state index contributed by atoms with van der Waals surface area (Å²) in [6, 6.07) is 10.4. The number of morpholine rings is 1. The third-order valence-electron chi connectivity index (χ3n) is 2.85. The van der Waals surface area contributed by atoms with E-state index in [9.17, 15) is 0 Å². The molecule has 0 radical (unpaired) electrons. The molecule has 1 aliphatic rings. The van der Waals surface area contributed by atoms with Crippen molar-refractivity contribution >= 4 is 0 Å². The van der Waals surface area contributed by atoms with Crippen molar-refractivity contribution in [1.82, 2.24) is 4.90 Å². The van der Waals surface area contributed by atoms with Gasteiger partial charge in [-0.2, -0.15) is 0 Å². The normalized spacial score (nSPS) is 26.9. The van der Waals surface area contributed by atoms with E-state index in [-0.39, 0.29) is 18.8 Å². The second kappa shape index (κ2) is 5.43. The van der Waals surface area contributed by atoms with Gasteiger partial charge in [-0.15, -0.1) is 0 Å². The van der Waals surface area contributed by atoms with Crippen LogP contribution in [-0.4, -0.2) is 41.9 Å². The first kappa shape index (κ1) is 11.6.